The van der Waals surface area contributed by atoms with Crippen LogP contribution in [0.4, 0.5) is 0 Å². The van der Waals surface area contributed by atoms with E-state index >= 15 is 0 Å². The molecule has 3 nitrogen and oxygen atoms in total. The molecule has 0 amide bonds. The summed E-state index contributed by atoms with van der Waals surface area (Å²) >= 11 is 3.39. The van der Waals surface area contributed by atoms with Crippen molar-refractivity contribution in [3.8, 4) is 0 Å². The van der Waals surface area contributed by atoms with Crippen molar-refractivity contribution >= 4 is 27.9 Å². The third-order valence-electron chi connectivity index (χ3n) is 5.04. The minimum Gasteiger partial charge on any atom is -0.299 e. The van der Waals surface area contributed by atoms with Crippen LogP contribution in [0.5, 0.6) is 0 Å². The number of benzene rings is 1. The van der Waals surface area contributed by atoms with Crippen LogP contribution >= 0.6 is 15.9 Å². The fraction of sp³-hybridized carbons (Fsp3) is 0.417. The summed E-state index contributed by atoms with van der Waals surface area (Å²) in [5.41, 5.74) is 4.51. The molecule has 0 bridgehead atoms. The van der Waals surface area contributed by atoms with Gasteiger partial charge >= 0.3 is 0 Å². The van der Waals surface area contributed by atoms with Crippen LogP contribution in [0.2, 0.25) is 0 Å². The average molecular weight is 443 g/mol. The number of hydrogen-bond donors (Lipinski definition) is 0. The van der Waals surface area contributed by atoms with E-state index in [9.17, 15) is 4.79 Å². The maximum Gasteiger partial charge on any atom is 0.159 e. The Hall–Kier alpha value is -1.78. The molecule has 0 saturated carbocycles. The lowest BCUT2D eigenvalue weighted by molar-refractivity contribution is 0.101. The van der Waals surface area contributed by atoms with Gasteiger partial charge in [-0.3, -0.25) is 14.7 Å². The number of allylic oxidation sites excluding steroid dienone is 5. The molecule has 28 heavy (non-hydrogen) atoms. The number of halogens is 1. The first-order chi connectivity index (χ1) is 13.3. The summed E-state index contributed by atoms with van der Waals surface area (Å²) in [5.74, 6) is 0.734. The van der Waals surface area contributed by atoms with Crippen LogP contribution in [-0.4, -0.2) is 36.5 Å². The van der Waals surface area contributed by atoms with Crippen LogP contribution in [0.3, 0.4) is 0 Å². The molecule has 0 aliphatic carbocycles. The smallest absolute Gasteiger partial charge is 0.159 e. The molecule has 1 aliphatic heterocycles. The zero-order chi connectivity index (χ0) is 20.5. The van der Waals surface area contributed by atoms with Crippen molar-refractivity contribution in [2.45, 2.75) is 46.5 Å². The molecule has 0 N–H and O–H groups in total. The quantitative estimate of drug-likeness (QED) is 0.282. The minimum atomic E-state index is 0.133. The molecular formula is C24H31BrN2O. The van der Waals surface area contributed by atoms with Gasteiger partial charge < -0.3 is 0 Å². The highest BCUT2D eigenvalue weighted by Gasteiger charge is 2.20. The topological polar surface area (TPSA) is 32.7 Å². The molecule has 0 spiro atoms. The lowest BCUT2D eigenvalue weighted by atomic mass is 9.88. The van der Waals surface area contributed by atoms with Gasteiger partial charge in [0.2, 0.25) is 0 Å². The molecule has 1 heterocycles. The number of Topliss-reactive ketones (excluding diaryl/α,β-unsaturated/α-hetero) is 1. The van der Waals surface area contributed by atoms with Gasteiger partial charge in [0, 0.05) is 24.0 Å². The van der Waals surface area contributed by atoms with Crippen LogP contribution in [-0.2, 0) is 0 Å². The van der Waals surface area contributed by atoms with Crippen molar-refractivity contribution in [2.75, 3.05) is 19.6 Å². The lowest BCUT2D eigenvalue weighted by Gasteiger charge is -2.32. The summed E-state index contributed by atoms with van der Waals surface area (Å²) in [6.45, 7) is 11.0. The van der Waals surface area contributed by atoms with Crippen LogP contribution in [0.1, 0.15) is 62.4 Å². The summed E-state index contributed by atoms with van der Waals surface area (Å²) in [5, 5.41) is 0. The monoisotopic (exact) mass is 442 g/mol. The van der Waals surface area contributed by atoms with Crippen molar-refractivity contribution in [1.82, 2.24) is 4.90 Å². The number of aliphatic imine (C=N–C) groups is 1. The van der Waals surface area contributed by atoms with Crippen molar-refractivity contribution < 1.29 is 4.79 Å². The Balaban J connectivity index is 1.83. The Morgan fingerprint density at radius 1 is 1.07 bits per heavy atom. The van der Waals surface area contributed by atoms with Gasteiger partial charge in [0.15, 0.2) is 5.78 Å². The Kier molecular flexibility index (Phi) is 9.07. The van der Waals surface area contributed by atoms with E-state index in [0.717, 1.165) is 35.4 Å². The fourth-order valence-electron chi connectivity index (χ4n) is 3.38. The number of nitrogens with zero attached hydrogens (tertiary/aromatic N) is 2. The van der Waals surface area contributed by atoms with E-state index in [1.165, 1.54) is 24.0 Å². The highest BCUT2D eigenvalue weighted by Crippen LogP contribution is 2.28. The Bertz CT molecular complexity index is 775. The minimum absolute atomic E-state index is 0.133. The molecule has 4 heteroatoms. The molecular weight excluding hydrogens is 412 g/mol. The Morgan fingerprint density at radius 2 is 1.71 bits per heavy atom. The third-order valence-corrected chi connectivity index (χ3v) is 5.30. The normalized spacial score (nSPS) is 18.1. The standard InChI is InChI=1S/C24H31BrN2O/c1-18(5-6-20(3)26-14-11-19(2)25)17-27-15-12-24(13-16-27)23-9-7-22(8-10-23)21(4)28/h5-11,14,24H,12-13,15-17H2,1-4H3/b18-5+,19-11+,20-6+,26-14-. The van der Waals surface area contributed by atoms with E-state index in [2.05, 4.69) is 57.0 Å². The van der Waals surface area contributed by atoms with E-state index in [-0.39, 0.29) is 5.78 Å². The van der Waals surface area contributed by atoms with Crippen LogP contribution in [0, 0.1) is 0 Å². The average Bonchev–Trinajstić information content (AvgIpc) is 2.67. The van der Waals surface area contributed by atoms with Crippen LogP contribution < -0.4 is 0 Å². The molecule has 1 saturated heterocycles. The van der Waals surface area contributed by atoms with Crippen molar-refractivity contribution in [3.63, 3.8) is 0 Å². The zero-order valence-electron chi connectivity index (χ0n) is 17.4. The van der Waals surface area contributed by atoms with Gasteiger partial charge in [-0.1, -0.05) is 51.8 Å². The molecule has 1 aromatic carbocycles. The molecule has 0 radical (unpaired) electrons. The van der Waals surface area contributed by atoms with Crippen LogP contribution in [0.25, 0.3) is 0 Å². The first kappa shape index (κ1) is 22.5. The Morgan fingerprint density at radius 3 is 2.29 bits per heavy atom. The van der Waals surface area contributed by atoms with E-state index in [0.29, 0.717) is 5.92 Å². The summed E-state index contributed by atoms with van der Waals surface area (Å²) in [4.78, 5) is 18.3. The van der Waals surface area contributed by atoms with E-state index in [1.54, 1.807) is 6.92 Å². The molecule has 150 valence electrons. The van der Waals surface area contributed by atoms with Gasteiger partial charge in [0.05, 0.1) is 0 Å². The summed E-state index contributed by atoms with van der Waals surface area (Å²) in [6, 6.07) is 8.18. The predicted octanol–water partition coefficient (Wildman–Crippen LogP) is 6.29. The second kappa shape index (κ2) is 11.3. The van der Waals surface area contributed by atoms with Gasteiger partial charge in [-0.15, -0.1) is 0 Å². The van der Waals surface area contributed by atoms with Crippen molar-refractivity contribution in [1.29, 1.82) is 0 Å². The number of hydrogen-bond acceptors (Lipinski definition) is 3. The summed E-state index contributed by atoms with van der Waals surface area (Å²) in [7, 11) is 0. The molecule has 0 aromatic heterocycles. The zero-order valence-corrected chi connectivity index (χ0v) is 19.0. The van der Waals surface area contributed by atoms with Gasteiger partial charge in [0.1, 0.15) is 0 Å². The molecule has 2 rings (SSSR count). The van der Waals surface area contributed by atoms with E-state index < -0.39 is 0 Å². The van der Waals surface area contributed by atoms with Crippen molar-refractivity contribution in [2.24, 2.45) is 4.99 Å². The molecule has 1 aliphatic rings. The maximum atomic E-state index is 11.4. The van der Waals surface area contributed by atoms with Gasteiger partial charge in [-0.05, 0) is 81.7 Å². The SMILES string of the molecule is CC(=O)c1ccc(C2CCN(C/C(C)=C/C=C(C)/N=C\C=C(/C)Br)CC2)cc1. The number of carbonyl (C=O) groups is 1. The second-order valence-corrected chi connectivity index (χ2v) is 8.83. The second-order valence-electron chi connectivity index (χ2n) is 7.58. The molecule has 0 unspecified atom stereocenters. The third kappa shape index (κ3) is 7.69. The molecule has 0 atom stereocenters. The number of rotatable bonds is 7. The lowest BCUT2D eigenvalue weighted by Crippen LogP contribution is -2.34. The summed E-state index contributed by atoms with van der Waals surface area (Å²) in [6.07, 6.45) is 10.3. The highest BCUT2D eigenvalue weighted by atomic mass is 79.9. The van der Waals surface area contributed by atoms with E-state index in [4.69, 9.17) is 0 Å². The van der Waals surface area contributed by atoms with E-state index in [1.807, 2.05) is 38.3 Å². The van der Waals surface area contributed by atoms with Gasteiger partial charge in [-0.2, -0.15) is 0 Å². The molecule has 1 aromatic rings. The largest absolute Gasteiger partial charge is 0.299 e. The van der Waals surface area contributed by atoms with Gasteiger partial charge in [0.25, 0.3) is 0 Å². The first-order valence-electron chi connectivity index (χ1n) is 9.89. The predicted molar refractivity (Wildman–Crippen MR) is 124 cm³/mol. The number of likely N-dealkylation sites (tertiary alicyclic amines) is 1. The van der Waals surface area contributed by atoms with Gasteiger partial charge in [-0.25, -0.2) is 0 Å². The number of carbonyl (C=O) groups excluding carboxylic acids is 1. The Labute approximate surface area is 178 Å². The number of piperidine rings is 1. The molecule has 1 fully saturated rings. The van der Waals surface area contributed by atoms with Crippen LogP contribution in [0.15, 0.2) is 63.2 Å². The maximum absolute atomic E-state index is 11.4. The first-order valence-corrected chi connectivity index (χ1v) is 10.7. The van der Waals surface area contributed by atoms with Crippen molar-refractivity contribution in [3.05, 3.63) is 69.4 Å². The fourth-order valence-corrected chi connectivity index (χ4v) is 3.50. The highest BCUT2D eigenvalue weighted by molar-refractivity contribution is 9.11. The summed E-state index contributed by atoms with van der Waals surface area (Å²) < 4.78 is 1.06. The number of ketones is 1.